The van der Waals surface area contributed by atoms with Gasteiger partial charge in [-0.3, -0.25) is 24.3 Å². The van der Waals surface area contributed by atoms with Crippen LogP contribution < -0.4 is 5.32 Å². The highest BCUT2D eigenvalue weighted by molar-refractivity contribution is 7.99. The molecule has 5 aromatic rings. The summed E-state index contributed by atoms with van der Waals surface area (Å²) >= 11 is 2.84. The predicted octanol–water partition coefficient (Wildman–Crippen LogP) is 6.56. The standard InChI is InChI=1S/C34H31N7O4S2/c1-21-12-14-24(15-13-21)29-18-27(30-11-6-16-46-30)38-40(29)32(42)20-47-34-37-36-31(39(34)25-8-4-7-22(2)17-25)19-35-33(43)26-9-5-10-28(23(26)3)41(44)45/h4-17,29H,18-20H2,1-3H3,(H,35,43). The topological polar surface area (TPSA) is 136 Å². The number of nitrogens with zero attached hydrogens (tertiary/aromatic N) is 6. The van der Waals surface area contributed by atoms with Gasteiger partial charge in [-0.2, -0.15) is 5.10 Å². The third-order valence-corrected chi connectivity index (χ3v) is 9.70. The van der Waals surface area contributed by atoms with Gasteiger partial charge in [-0.25, -0.2) is 5.01 Å². The molecule has 2 aromatic heterocycles. The first-order valence-corrected chi connectivity index (χ1v) is 16.7. The molecule has 47 heavy (non-hydrogen) atoms. The third kappa shape index (κ3) is 6.86. The molecule has 1 aliphatic rings. The van der Waals surface area contributed by atoms with Gasteiger partial charge in [0.1, 0.15) is 0 Å². The average molecular weight is 666 g/mol. The lowest BCUT2D eigenvalue weighted by atomic mass is 10.00. The summed E-state index contributed by atoms with van der Waals surface area (Å²) in [4.78, 5) is 38.8. The van der Waals surface area contributed by atoms with Crippen molar-refractivity contribution < 1.29 is 14.5 Å². The van der Waals surface area contributed by atoms with E-state index >= 15 is 0 Å². The number of amides is 2. The largest absolute Gasteiger partial charge is 0.345 e. The van der Waals surface area contributed by atoms with E-state index in [0.717, 1.165) is 33.0 Å². The van der Waals surface area contributed by atoms with E-state index in [1.54, 1.807) is 29.3 Å². The predicted molar refractivity (Wildman–Crippen MR) is 182 cm³/mol. The number of aryl methyl sites for hydroxylation is 2. The Labute approximate surface area is 279 Å². The molecule has 238 valence electrons. The number of carbonyl (C=O) groups is 2. The molecule has 0 bridgehead atoms. The SMILES string of the molecule is Cc1ccc(C2CC(c3cccs3)=NN2C(=O)CSc2nnc(CNC(=O)c3cccc([N+](=O)[O-])c3C)n2-c2cccc(C)c2)cc1. The molecule has 3 heterocycles. The van der Waals surface area contributed by atoms with Crippen LogP contribution >= 0.6 is 23.1 Å². The lowest BCUT2D eigenvalue weighted by Crippen LogP contribution is -2.28. The summed E-state index contributed by atoms with van der Waals surface area (Å²) in [6, 6.07) is 24.1. The van der Waals surface area contributed by atoms with Crippen LogP contribution in [0.3, 0.4) is 0 Å². The Hall–Kier alpha value is -5.14. The third-order valence-electron chi connectivity index (χ3n) is 7.87. The zero-order chi connectivity index (χ0) is 33.1. The zero-order valence-electron chi connectivity index (χ0n) is 25.9. The number of hydrogen-bond donors (Lipinski definition) is 1. The molecule has 0 radical (unpaired) electrons. The highest BCUT2D eigenvalue weighted by atomic mass is 32.2. The molecule has 11 nitrogen and oxygen atoms in total. The summed E-state index contributed by atoms with van der Waals surface area (Å²) < 4.78 is 1.81. The van der Waals surface area contributed by atoms with Gasteiger partial charge in [-0.15, -0.1) is 21.5 Å². The number of aromatic nitrogens is 3. The Morgan fingerprint density at radius 3 is 2.51 bits per heavy atom. The molecule has 3 aromatic carbocycles. The fourth-order valence-corrected chi connectivity index (χ4v) is 6.97. The van der Waals surface area contributed by atoms with E-state index in [0.29, 0.717) is 17.4 Å². The Morgan fingerprint density at radius 1 is 1.00 bits per heavy atom. The fourth-order valence-electron chi connectivity index (χ4n) is 5.43. The molecule has 0 aliphatic carbocycles. The van der Waals surface area contributed by atoms with Crippen molar-refractivity contribution >= 4 is 46.3 Å². The van der Waals surface area contributed by atoms with Crippen molar-refractivity contribution in [2.24, 2.45) is 5.10 Å². The van der Waals surface area contributed by atoms with Crippen molar-refractivity contribution in [2.75, 3.05) is 5.75 Å². The van der Waals surface area contributed by atoms with Crippen molar-refractivity contribution in [3.05, 3.63) is 133 Å². The van der Waals surface area contributed by atoms with Crippen LogP contribution in [0.25, 0.3) is 5.69 Å². The monoisotopic (exact) mass is 665 g/mol. The van der Waals surface area contributed by atoms with Gasteiger partial charge in [-0.05, 0) is 61.5 Å². The highest BCUT2D eigenvalue weighted by Gasteiger charge is 2.33. The number of nitro groups is 1. The maximum Gasteiger partial charge on any atom is 0.273 e. The van der Waals surface area contributed by atoms with E-state index in [-0.39, 0.29) is 41.1 Å². The fraction of sp³-hybridized carbons (Fsp3) is 0.206. The van der Waals surface area contributed by atoms with E-state index in [4.69, 9.17) is 5.10 Å². The number of benzene rings is 3. The minimum Gasteiger partial charge on any atom is -0.345 e. The molecule has 13 heteroatoms. The second-order valence-corrected chi connectivity index (χ2v) is 13.0. The Kier molecular flexibility index (Phi) is 9.27. The van der Waals surface area contributed by atoms with Gasteiger partial charge < -0.3 is 5.32 Å². The molecule has 1 unspecified atom stereocenters. The first-order chi connectivity index (χ1) is 22.7. The van der Waals surface area contributed by atoms with E-state index in [2.05, 4.69) is 15.5 Å². The molecule has 6 rings (SSSR count). The van der Waals surface area contributed by atoms with E-state index in [1.807, 2.05) is 84.5 Å². The molecule has 1 atom stereocenters. The van der Waals surface area contributed by atoms with Crippen LogP contribution in [0.5, 0.6) is 0 Å². The highest BCUT2D eigenvalue weighted by Crippen LogP contribution is 2.35. The minimum atomic E-state index is -0.509. The summed E-state index contributed by atoms with van der Waals surface area (Å²) in [5, 5.41) is 31.8. The summed E-state index contributed by atoms with van der Waals surface area (Å²) in [6.45, 7) is 5.56. The lowest BCUT2D eigenvalue weighted by molar-refractivity contribution is -0.385. The number of thiophene rings is 1. The van der Waals surface area contributed by atoms with Crippen LogP contribution in [0.15, 0.2) is 94.5 Å². The second-order valence-electron chi connectivity index (χ2n) is 11.1. The Bertz CT molecular complexity index is 1990. The molecule has 0 spiro atoms. The summed E-state index contributed by atoms with van der Waals surface area (Å²) in [5.74, 6) is -0.127. The number of thioether (sulfide) groups is 1. The maximum absolute atomic E-state index is 13.8. The van der Waals surface area contributed by atoms with Crippen molar-refractivity contribution in [1.29, 1.82) is 0 Å². The van der Waals surface area contributed by atoms with E-state index in [9.17, 15) is 19.7 Å². The normalized spacial score (nSPS) is 14.2. The molecule has 0 saturated heterocycles. The number of hydrogen-bond acceptors (Lipinski definition) is 9. The number of nitrogens with one attached hydrogen (secondary N) is 1. The molecular formula is C34H31N7O4S2. The van der Waals surface area contributed by atoms with Crippen LogP contribution in [-0.4, -0.2) is 48.0 Å². The summed E-state index contributed by atoms with van der Waals surface area (Å²) in [7, 11) is 0. The first kappa shape index (κ1) is 31.8. The number of nitro benzene ring substituents is 1. The van der Waals surface area contributed by atoms with Crippen molar-refractivity contribution in [2.45, 2.75) is 44.9 Å². The van der Waals surface area contributed by atoms with Crippen LogP contribution in [0.2, 0.25) is 0 Å². The molecule has 0 fully saturated rings. The smallest absolute Gasteiger partial charge is 0.273 e. The summed E-state index contributed by atoms with van der Waals surface area (Å²) in [5.41, 5.74) is 5.18. The number of carbonyl (C=O) groups excluding carboxylic acids is 2. The second kappa shape index (κ2) is 13.7. The molecule has 0 saturated carbocycles. The molecule has 1 aliphatic heterocycles. The van der Waals surface area contributed by atoms with E-state index in [1.165, 1.54) is 23.9 Å². The van der Waals surface area contributed by atoms with Crippen molar-refractivity contribution in [3.8, 4) is 5.69 Å². The molecule has 2 amide bonds. The quantitative estimate of drug-likeness (QED) is 0.101. The Balaban J connectivity index is 1.24. The van der Waals surface area contributed by atoms with Crippen LogP contribution in [0.4, 0.5) is 5.69 Å². The van der Waals surface area contributed by atoms with Gasteiger partial charge in [0, 0.05) is 29.3 Å². The van der Waals surface area contributed by atoms with Gasteiger partial charge in [-0.1, -0.05) is 65.9 Å². The van der Waals surface area contributed by atoms with Crippen LogP contribution in [0.1, 0.15) is 55.8 Å². The van der Waals surface area contributed by atoms with Crippen molar-refractivity contribution in [3.63, 3.8) is 0 Å². The number of rotatable bonds is 10. The van der Waals surface area contributed by atoms with E-state index < -0.39 is 10.8 Å². The Morgan fingerprint density at radius 2 is 1.79 bits per heavy atom. The van der Waals surface area contributed by atoms with Gasteiger partial charge in [0.25, 0.3) is 17.5 Å². The number of hydrazone groups is 1. The molecule has 1 N–H and O–H groups in total. The maximum atomic E-state index is 13.8. The first-order valence-electron chi connectivity index (χ1n) is 14.9. The lowest BCUT2D eigenvalue weighted by Gasteiger charge is -2.22. The average Bonchev–Trinajstić information content (AvgIpc) is 3.83. The minimum absolute atomic E-state index is 0.00645. The van der Waals surface area contributed by atoms with Crippen LogP contribution in [-0.2, 0) is 11.3 Å². The van der Waals surface area contributed by atoms with Gasteiger partial charge in [0.05, 0.1) is 33.9 Å². The van der Waals surface area contributed by atoms with Crippen molar-refractivity contribution in [1.82, 2.24) is 25.1 Å². The van der Waals surface area contributed by atoms with Gasteiger partial charge in [0.15, 0.2) is 11.0 Å². The summed E-state index contributed by atoms with van der Waals surface area (Å²) in [6.07, 6.45) is 0.618. The van der Waals surface area contributed by atoms with Gasteiger partial charge >= 0.3 is 0 Å². The molecular weight excluding hydrogens is 635 g/mol. The van der Waals surface area contributed by atoms with Crippen LogP contribution in [0, 0.1) is 30.9 Å². The zero-order valence-corrected chi connectivity index (χ0v) is 27.5. The van der Waals surface area contributed by atoms with Gasteiger partial charge in [0.2, 0.25) is 0 Å².